The van der Waals surface area contributed by atoms with E-state index >= 15 is 0 Å². The molecule has 0 aliphatic carbocycles. The number of hydrogen-bond donors (Lipinski definition) is 2. The Bertz CT molecular complexity index is 181. The van der Waals surface area contributed by atoms with Crippen LogP contribution in [0, 0.1) is 0 Å². The molecule has 0 aromatic carbocycles. The van der Waals surface area contributed by atoms with Gasteiger partial charge in [-0.3, -0.25) is 4.79 Å². The molecule has 1 aliphatic heterocycles. The van der Waals surface area contributed by atoms with Gasteiger partial charge in [-0.15, -0.1) is 0 Å². The quantitative estimate of drug-likeness (QED) is 0.736. The van der Waals surface area contributed by atoms with Gasteiger partial charge in [0.2, 0.25) is 5.91 Å². The molecule has 1 fully saturated rings. The van der Waals surface area contributed by atoms with Gasteiger partial charge < -0.3 is 10.6 Å². The zero-order valence-corrected chi connectivity index (χ0v) is 9.82. The summed E-state index contributed by atoms with van der Waals surface area (Å²) in [7, 11) is 0. The van der Waals surface area contributed by atoms with Gasteiger partial charge in [0.15, 0.2) is 0 Å². The van der Waals surface area contributed by atoms with Gasteiger partial charge in [-0.1, -0.05) is 13.3 Å². The third kappa shape index (κ3) is 3.88. The van der Waals surface area contributed by atoms with Crippen LogP contribution in [0.1, 0.15) is 26.2 Å². The maximum Gasteiger partial charge on any atom is 0.237 e. The lowest BCUT2D eigenvalue weighted by atomic mass is 10.0. The van der Waals surface area contributed by atoms with Gasteiger partial charge in [0.05, 0.1) is 6.04 Å². The second-order valence-corrected chi connectivity index (χ2v) is 5.07. The second-order valence-electron chi connectivity index (χ2n) is 3.79. The third-order valence-electron chi connectivity index (χ3n) is 2.59. The minimum atomic E-state index is 0.0535. The van der Waals surface area contributed by atoms with Gasteiger partial charge in [0.1, 0.15) is 0 Å². The molecule has 1 rings (SSSR count). The maximum atomic E-state index is 11.6. The average molecular weight is 216 g/mol. The standard InChI is InChI=1S/C10H20N2OS/c1-8(14-2)7-12-10(13)9-5-3-4-6-11-9/h8-9,11H,3-7H2,1-2H3,(H,12,13)/t8-,9+/m1/s1. The Labute approximate surface area is 90.4 Å². The average Bonchev–Trinajstić information content (AvgIpc) is 2.26. The predicted octanol–water partition coefficient (Wildman–Crippen LogP) is 0.996. The van der Waals surface area contributed by atoms with Crippen LogP contribution in [0.15, 0.2) is 0 Å². The highest BCUT2D eigenvalue weighted by Crippen LogP contribution is 2.07. The first kappa shape index (κ1) is 11.9. The number of rotatable bonds is 4. The summed E-state index contributed by atoms with van der Waals surface area (Å²) in [6.45, 7) is 3.88. The fourth-order valence-corrected chi connectivity index (χ4v) is 1.78. The molecule has 3 nitrogen and oxygen atoms in total. The smallest absolute Gasteiger partial charge is 0.237 e. The van der Waals surface area contributed by atoms with Crippen LogP contribution in [-0.4, -0.2) is 36.5 Å². The normalized spacial score (nSPS) is 24.3. The zero-order valence-electron chi connectivity index (χ0n) is 9.01. The Kier molecular flexibility index (Phi) is 5.33. The van der Waals surface area contributed by atoms with E-state index in [-0.39, 0.29) is 11.9 Å². The number of nitrogens with one attached hydrogen (secondary N) is 2. The summed E-state index contributed by atoms with van der Waals surface area (Å²) in [5, 5.41) is 6.72. The van der Waals surface area contributed by atoms with Crippen molar-refractivity contribution in [2.45, 2.75) is 37.5 Å². The van der Waals surface area contributed by atoms with Gasteiger partial charge in [-0.05, 0) is 25.6 Å². The van der Waals surface area contributed by atoms with Crippen molar-refractivity contribution in [2.75, 3.05) is 19.3 Å². The Morgan fingerprint density at radius 2 is 2.43 bits per heavy atom. The molecular weight excluding hydrogens is 196 g/mol. The highest BCUT2D eigenvalue weighted by atomic mass is 32.2. The van der Waals surface area contributed by atoms with E-state index in [1.54, 1.807) is 11.8 Å². The number of carbonyl (C=O) groups is 1. The largest absolute Gasteiger partial charge is 0.354 e. The topological polar surface area (TPSA) is 41.1 Å². The first-order valence-electron chi connectivity index (χ1n) is 5.28. The molecule has 0 aromatic heterocycles. The van der Waals surface area contributed by atoms with Crippen molar-refractivity contribution < 1.29 is 4.79 Å². The molecule has 1 amide bonds. The SMILES string of the molecule is CS[C@H](C)CNC(=O)[C@@H]1CCCCN1. The highest BCUT2D eigenvalue weighted by Gasteiger charge is 2.20. The van der Waals surface area contributed by atoms with E-state index < -0.39 is 0 Å². The number of thioether (sulfide) groups is 1. The van der Waals surface area contributed by atoms with Crippen molar-refractivity contribution in [3.05, 3.63) is 0 Å². The molecule has 1 saturated heterocycles. The van der Waals surface area contributed by atoms with E-state index in [1.165, 1.54) is 12.8 Å². The van der Waals surface area contributed by atoms with Crippen LogP contribution in [0.2, 0.25) is 0 Å². The minimum Gasteiger partial charge on any atom is -0.354 e. The fourth-order valence-electron chi connectivity index (χ4n) is 1.53. The van der Waals surface area contributed by atoms with Crippen molar-refractivity contribution in [1.82, 2.24) is 10.6 Å². The highest BCUT2D eigenvalue weighted by molar-refractivity contribution is 7.99. The summed E-state index contributed by atoms with van der Waals surface area (Å²) in [6, 6.07) is 0.0535. The first-order valence-corrected chi connectivity index (χ1v) is 6.56. The van der Waals surface area contributed by atoms with Crippen LogP contribution in [0.25, 0.3) is 0 Å². The Balaban J connectivity index is 2.19. The Morgan fingerprint density at radius 3 is 3.00 bits per heavy atom. The van der Waals surface area contributed by atoms with E-state index in [0.29, 0.717) is 5.25 Å². The van der Waals surface area contributed by atoms with E-state index in [4.69, 9.17) is 0 Å². The molecule has 0 aromatic rings. The minimum absolute atomic E-state index is 0.0535. The summed E-state index contributed by atoms with van der Waals surface area (Å²) in [5.74, 6) is 0.172. The van der Waals surface area contributed by atoms with Crippen LogP contribution < -0.4 is 10.6 Å². The first-order chi connectivity index (χ1) is 6.74. The second kappa shape index (κ2) is 6.30. The van der Waals surface area contributed by atoms with Gasteiger partial charge in [-0.2, -0.15) is 11.8 Å². The molecule has 1 aliphatic rings. The molecule has 82 valence electrons. The predicted molar refractivity (Wildman–Crippen MR) is 61.6 cm³/mol. The van der Waals surface area contributed by atoms with Crippen LogP contribution in [0.5, 0.6) is 0 Å². The summed E-state index contributed by atoms with van der Waals surface area (Å²) in [6.07, 6.45) is 5.42. The zero-order chi connectivity index (χ0) is 10.4. The molecule has 2 N–H and O–H groups in total. The molecule has 0 saturated carbocycles. The monoisotopic (exact) mass is 216 g/mol. The lowest BCUT2D eigenvalue weighted by Crippen LogP contribution is -2.47. The van der Waals surface area contributed by atoms with Crippen molar-refractivity contribution >= 4 is 17.7 Å². The van der Waals surface area contributed by atoms with Crippen LogP contribution in [0.4, 0.5) is 0 Å². The lowest BCUT2D eigenvalue weighted by molar-refractivity contribution is -0.123. The summed E-state index contributed by atoms with van der Waals surface area (Å²) >= 11 is 1.78. The van der Waals surface area contributed by atoms with E-state index in [2.05, 4.69) is 23.8 Å². The van der Waals surface area contributed by atoms with Crippen LogP contribution >= 0.6 is 11.8 Å². The summed E-state index contributed by atoms with van der Waals surface area (Å²) < 4.78 is 0. The van der Waals surface area contributed by atoms with Crippen LogP contribution in [-0.2, 0) is 4.79 Å². The molecule has 2 atom stereocenters. The number of hydrogen-bond acceptors (Lipinski definition) is 3. The molecule has 1 heterocycles. The Hall–Kier alpha value is -0.220. The molecule has 4 heteroatoms. The third-order valence-corrected chi connectivity index (χ3v) is 3.56. The maximum absolute atomic E-state index is 11.6. The summed E-state index contributed by atoms with van der Waals surface area (Å²) in [5.41, 5.74) is 0. The van der Waals surface area contributed by atoms with Gasteiger partial charge >= 0.3 is 0 Å². The van der Waals surface area contributed by atoms with E-state index in [1.807, 2.05) is 0 Å². The molecule has 14 heavy (non-hydrogen) atoms. The van der Waals surface area contributed by atoms with Gasteiger partial charge in [0.25, 0.3) is 0 Å². The van der Waals surface area contributed by atoms with Crippen molar-refractivity contribution in [1.29, 1.82) is 0 Å². The Morgan fingerprint density at radius 1 is 1.64 bits per heavy atom. The number of piperidine rings is 1. The number of amides is 1. The van der Waals surface area contributed by atoms with E-state index in [9.17, 15) is 4.79 Å². The van der Waals surface area contributed by atoms with Gasteiger partial charge in [0, 0.05) is 11.8 Å². The molecule has 0 unspecified atom stereocenters. The fraction of sp³-hybridized carbons (Fsp3) is 0.900. The summed E-state index contributed by atoms with van der Waals surface area (Å²) in [4.78, 5) is 11.6. The van der Waals surface area contributed by atoms with Crippen molar-refractivity contribution in [2.24, 2.45) is 0 Å². The number of carbonyl (C=O) groups excluding carboxylic acids is 1. The molecule has 0 spiro atoms. The van der Waals surface area contributed by atoms with E-state index in [0.717, 1.165) is 19.5 Å². The molecule has 0 radical (unpaired) electrons. The van der Waals surface area contributed by atoms with Crippen molar-refractivity contribution in [3.63, 3.8) is 0 Å². The lowest BCUT2D eigenvalue weighted by Gasteiger charge is -2.23. The van der Waals surface area contributed by atoms with Gasteiger partial charge in [-0.25, -0.2) is 0 Å². The van der Waals surface area contributed by atoms with Crippen molar-refractivity contribution in [3.8, 4) is 0 Å². The molecular formula is C10H20N2OS. The molecule has 0 bridgehead atoms. The van der Waals surface area contributed by atoms with Crippen LogP contribution in [0.3, 0.4) is 0 Å².